The number of nitrogens with one attached hydrogen (secondary N) is 1. The molecule has 2 fully saturated rings. The number of hydrogen-bond acceptors (Lipinski definition) is 2. The van der Waals surface area contributed by atoms with E-state index >= 15 is 0 Å². The number of benzene rings is 1. The summed E-state index contributed by atoms with van der Waals surface area (Å²) in [5.74, 6) is -2.22. The molecule has 2 nitrogen and oxygen atoms in total. The maximum absolute atomic E-state index is 14.4. The molecule has 0 bridgehead atoms. The maximum Gasteiger partial charge on any atom is 0.285 e. The molecule has 2 atom stereocenters. The SMILES string of the molecule is FC(F)(CN1CCCC(C2CCCN2)C1)c1ccccc1. The van der Waals surface area contributed by atoms with Gasteiger partial charge in [0.2, 0.25) is 0 Å². The number of rotatable bonds is 4. The lowest BCUT2D eigenvalue weighted by molar-refractivity contribution is -0.0477. The fraction of sp³-hybridized carbons (Fsp3) is 0.647. The first kappa shape index (κ1) is 14.9. The lowest BCUT2D eigenvalue weighted by Crippen LogP contribution is -2.46. The molecule has 1 aromatic carbocycles. The highest BCUT2D eigenvalue weighted by Gasteiger charge is 2.37. The summed E-state index contributed by atoms with van der Waals surface area (Å²) in [4.78, 5) is 1.96. The Balaban J connectivity index is 1.61. The normalized spacial score (nSPS) is 27.9. The van der Waals surface area contributed by atoms with E-state index in [0.29, 0.717) is 12.0 Å². The topological polar surface area (TPSA) is 15.3 Å². The third-order valence-electron chi connectivity index (χ3n) is 4.83. The number of likely N-dealkylation sites (tertiary alicyclic amines) is 1. The molecule has 2 aliphatic rings. The number of halogens is 2. The van der Waals surface area contributed by atoms with Gasteiger partial charge in [-0.1, -0.05) is 30.3 Å². The fourth-order valence-corrected chi connectivity index (χ4v) is 3.73. The first-order valence-corrected chi connectivity index (χ1v) is 8.04. The van der Waals surface area contributed by atoms with Gasteiger partial charge in [-0.3, -0.25) is 4.90 Å². The molecular weight excluding hydrogens is 270 g/mol. The van der Waals surface area contributed by atoms with Gasteiger partial charge in [-0.2, -0.15) is 8.78 Å². The van der Waals surface area contributed by atoms with Gasteiger partial charge in [-0.25, -0.2) is 0 Å². The Hall–Kier alpha value is -1.00. The number of hydrogen-bond donors (Lipinski definition) is 1. The van der Waals surface area contributed by atoms with Crippen LogP contribution in [0.3, 0.4) is 0 Å². The number of piperidine rings is 1. The van der Waals surface area contributed by atoms with Crippen LogP contribution in [-0.4, -0.2) is 37.1 Å². The zero-order valence-electron chi connectivity index (χ0n) is 12.4. The molecule has 2 saturated heterocycles. The van der Waals surface area contributed by atoms with Gasteiger partial charge >= 0.3 is 0 Å². The van der Waals surface area contributed by atoms with E-state index in [1.807, 2.05) is 4.90 Å². The van der Waals surface area contributed by atoms with E-state index in [1.54, 1.807) is 18.2 Å². The molecule has 0 aromatic heterocycles. The van der Waals surface area contributed by atoms with E-state index in [4.69, 9.17) is 0 Å². The largest absolute Gasteiger partial charge is 0.314 e. The van der Waals surface area contributed by atoms with Crippen LogP contribution in [0.5, 0.6) is 0 Å². The van der Waals surface area contributed by atoms with Crippen molar-refractivity contribution in [2.24, 2.45) is 5.92 Å². The molecule has 3 rings (SSSR count). The maximum atomic E-state index is 14.4. The minimum Gasteiger partial charge on any atom is -0.314 e. The molecule has 0 aliphatic carbocycles. The molecule has 1 aromatic rings. The van der Waals surface area contributed by atoms with Crippen LogP contribution in [0, 0.1) is 5.92 Å². The Bertz CT molecular complexity index is 443. The monoisotopic (exact) mass is 294 g/mol. The van der Waals surface area contributed by atoms with E-state index in [9.17, 15) is 8.78 Å². The lowest BCUT2D eigenvalue weighted by atomic mass is 9.89. The smallest absolute Gasteiger partial charge is 0.285 e. The van der Waals surface area contributed by atoms with Gasteiger partial charge in [0.15, 0.2) is 0 Å². The summed E-state index contributed by atoms with van der Waals surface area (Å²) >= 11 is 0. The van der Waals surface area contributed by atoms with Crippen molar-refractivity contribution in [2.45, 2.75) is 37.6 Å². The minimum absolute atomic E-state index is 0.131. The molecule has 0 spiro atoms. The average molecular weight is 294 g/mol. The molecule has 1 N–H and O–H groups in total. The van der Waals surface area contributed by atoms with Crippen molar-refractivity contribution in [3.8, 4) is 0 Å². The highest BCUT2D eigenvalue weighted by molar-refractivity contribution is 5.20. The quantitative estimate of drug-likeness (QED) is 0.917. The standard InChI is InChI=1S/C17H24F2N2/c18-17(19,15-7-2-1-3-8-15)13-21-11-5-6-14(12-21)16-9-4-10-20-16/h1-3,7-8,14,16,20H,4-6,9-13H2. The Kier molecular flexibility index (Phi) is 4.55. The van der Waals surface area contributed by atoms with Gasteiger partial charge in [0.25, 0.3) is 5.92 Å². The van der Waals surface area contributed by atoms with Gasteiger partial charge in [0, 0.05) is 18.2 Å². The second-order valence-corrected chi connectivity index (χ2v) is 6.41. The minimum atomic E-state index is -2.76. The van der Waals surface area contributed by atoms with E-state index in [0.717, 1.165) is 26.1 Å². The van der Waals surface area contributed by atoms with E-state index < -0.39 is 5.92 Å². The molecule has 2 unspecified atom stereocenters. The highest BCUT2D eigenvalue weighted by atomic mass is 19.3. The zero-order valence-corrected chi connectivity index (χ0v) is 12.4. The molecule has 116 valence electrons. The van der Waals surface area contributed by atoms with Crippen LogP contribution >= 0.6 is 0 Å². The fourth-order valence-electron chi connectivity index (χ4n) is 3.73. The molecule has 4 heteroatoms. The van der Waals surface area contributed by atoms with Crippen molar-refractivity contribution in [3.63, 3.8) is 0 Å². The van der Waals surface area contributed by atoms with Crippen LogP contribution in [-0.2, 0) is 5.92 Å². The lowest BCUT2D eigenvalue weighted by Gasteiger charge is -2.37. The summed E-state index contributed by atoms with van der Waals surface area (Å²) in [5.41, 5.74) is 0.131. The molecule has 0 radical (unpaired) electrons. The Labute approximate surface area is 125 Å². The first-order valence-electron chi connectivity index (χ1n) is 8.04. The second kappa shape index (κ2) is 6.41. The summed E-state index contributed by atoms with van der Waals surface area (Å²) in [6.45, 7) is 2.54. The van der Waals surface area contributed by atoms with Crippen LogP contribution in [0.4, 0.5) is 8.78 Å². The Morgan fingerprint density at radius 2 is 1.95 bits per heavy atom. The first-order chi connectivity index (χ1) is 10.1. The van der Waals surface area contributed by atoms with Crippen LogP contribution in [0.15, 0.2) is 30.3 Å². The third kappa shape index (κ3) is 3.61. The summed E-state index contributed by atoms with van der Waals surface area (Å²) in [5, 5.41) is 3.53. The van der Waals surface area contributed by atoms with Crippen molar-refractivity contribution >= 4 is 0 Å². The molecule has 21 heavy (non-hydrogen) atoms. The molecule has 0 amide bonds. The van der Waals surface area contributed by atoms with Crippen LogP contribution in [0.1, 0.15) is 31.2 Å². The summed E-state index contributed by atoms with van der Waals surface area (Å²) < 4.78 is 28.8. The van der Waals surface area contributed by atoms with Gasteiger partial charge < -0.3 is 5.32 Å². The van der Waals surface area contributed by atoms with E-state index in [2.05, 4.69) is 5.32 Å². The average Bonchev–Trinajstić information content (AvgIpc) is 3.02. The molecule has 2 aliphatic heterocycles. The van der Waals surface area contributed by atoms with Crippen molar-refractivity contribution in [2.75, 3.05) is 26.2 Å². The zero-order chi connectivity index (χ0) is 14.7. The number of nitrogens with zero attached hydrogens (tertiary/aromatic N) is 1. The summed E-state index contributed by atoms with van der Waals surface area (Å²) in [7, 11) is 0. The van der Waals surface area contributed by atoms with E-state index in [1.165, 1.54) is 31.4 Å². The van der Waals surface area contributed by atoms with Crippen LogP contribution in [0.2, 0.25) is 0 Å². The van der Waals surface area contributed by atoms with Crippen molar-refractivity contribution in [1.82, 2.24) is 10.2 Å². The molecule has 2 heterocycles. The third-order valence-corrected chi connectivity index (χ3v) is 4.83. The second-order valence-electron chi connectivity index (χ2n) is 6.41. The predicted molar refractivity (Wildman–Crippen MR) is 80.5 cm³/mol. The van der Waals surface area contributed by atoms with Crippen LogP contribution < -0.4 is 5.32 Å². The van der Waals surface area contributed by atoms with Gasteiger partial charge in [-0.05, 0) is 44.7 Å². The van der Waals surface area contributed by atoms with E-state index in [-0.39, 0.29) is 12.1 Å². The Morgan fingerprint density at radius 3 is 2.67 bits per heavy atom. The van der Waals surface area contributed by atoms with Gasteiger partial charge in [0.1, 0.15) is 0 Å². The molecule has 0 saturated carbocycles. The van der Waals surface area contributed by atoms with Crippen molar-refractivity contribution in [1.29, 1.82) is 0 Å². The van der Waals surface area contributed by atoms with Crippen molar-refractivity contribution in [3.05, 3.63) is 35.9 Å². The van der Waals surface area contributed by atoms with Crippen LogP contribution in [0.25, 0.3) is 0 Å². The van der Waals surface area contributed by atoms with Gasteiger partial charge in [0.05, 0.1) is 6.54 Å². The van der Waals surface area contributed by atoms with Gasteiger partial charge in [-0.15, -0.1) is 0 Å². The molecular formula is C17H24F2N2. The number of alkyl halides is 2. The summed E-state index contributed by atoms with van der Waals surface area (Å²) in [6.07, 6.45) is 4.63. The Morgan fingerprint density at radius 1 is 1.14 bits per heavy atom. The van der Waals surface area contributed by atoms with Crippen molar-refractivity contribution < 1.29 is 8.78 Å². The summed E-state index contributed by atoms with van der Waals surface area (Å²) in [6, 6.07) is 8.75. The highest BCUT2D eigenvalue weighted by Crippen LogP contribution is 2.31. The predicted octanol–water partition coefficient (Wildman–Crippen LogP) is 3.24.